The molecule has 2 aromatic carbocycles. The van der Waals surface area contributed by atoms with Crippen molar-refractivity contribution in [2.24, 2.45) is 0 Å². The number of hydrogen-bond donors (Lipinski definition) is 1. The average Bonchev–Trinajstić information content (AvgIpc) is 2.64. The van der Waals surface area contributed by atoms with E-state index in [-0.39, 0.29) is 18.4 Å². The molecule has 2 aromatic rings. The molecule has 0 spiro atoms. The largest absolute Gasteiger partial charge is 0.493 e. The summed E-state index contributed by atoms with van der Waals surface area (Å²) in [5, 5.41) is 2.86. The Labute approximate surface area is 166 Å². The van der Waals surface area contributed by atoms with Crippen molar-refractivity contribution in [2.75, 3.05) is 25.7 Å². The lowest BCUT2D eigenvalue weighted by molar-refractivity contribution is -0.123. The fourth-order valence-corrected chi connectivity index (χ4v) is 3.34. The van der Waals surface area contributed by atoms with Gasteiger partial charge in [-0.2, -0.15) is 0 Å². The first-order valence-corrected chi connectivity index (χ1v) is 9.10. The Morgan fingerprint density at radius 1 is 0.964 bits per heavy atom. The van der Waals surface area contributed by atoms with E-state index in [1.807, 2.05) is 45.0 Å². The second-order valence-electron chi connectivity index (χ2n) is 6.82. The van der Waals surface area contributed by atoms with Gasteiger partial charge in [-0.3, -0.25) is 9.59 Å². The molecule has 0 saturated carbocycles. The number of anilines is 1. The Hall–Kier alpha value is -3.02. The van der Waals surface area contributed by atoms with Gasteiger partial charge < -0.3 is 19.7 Å². The quantitative estimate of drug-likeness (QED) is 0.795. The van der Waals surface area contributed by atoms with Crippen LogP contribution in [0, 0.1) is 20.8 Å². The van der Waals surface area contributed by atoms with Crippen LogP contribution in [0.15, 0.2) is 30.3 Å². The first kappa shape index (κ1) is 21.3. The number of carbonyl (C=O) groups excluding carboxylic acids is 2. The molecule has 0 heterocycles. The van der Waals surface area contributed by atoms with Crippen molar-refractivity contribution in [1.82, 2.24) is 5.32 Å². The van der Waals surface area contributed by atoms with Crippen molar-refractivity contribution >= 4 is 17.5 Å². The third kappa shape index (κ3) is 5.03. The summed E-state index contributed by atoms with van der Waals surface area (Å²) < 4.78 is 10.5. The van der Waals surface area contributed by atoms with Gasteiger partial charge >= 0.3 is 0 Å². The fraction of sp³-hybridized carbons (Fsp3) is 0.364. The Morgan fingerprint density at radius 2 is 1.57 bits per heavy atom. The molecule has 6 nitrogen and oxygen atoms in total. The zero-order chi connectivity index (χ0) is 20.8. The standard InChI is InChI=1S/C22H28N2O4/c1-14-9-15(2)22(16(3)10-14)24(17(4)25)13-21(26)23-12-18-7-8-19(27-5)20(11-18)28-6/h7-11H,12-13H2,1-6H3,(H,23,26). The van der Waals surface area contributed by atoms with E-state index in [2.05, 4.69) is 5.32 Å². The van der Waals surface area contributed by atoms with Gasteiger partial charge in [0, 0.05) is 13.5 Å². The third-order valence-corrected chi connectivity index (χ3v) is 4.52. The first-order valence-electron chi connectivity index (χ1n) is 9.10. The number of methoxy groups -OCH3 is 2. The normalized spacial score (nSPS) is 10.4. The predicted molar refractivity (Wildman–Crippen MR) is 110 cm³/mol. The van der Waals surface area contributed by atoms with Crippen molar-refractivity contribution in [1.29, 1.82) is 0 Å². The molecule has 0 radical (unpaired) electrons. The van der Waals surface area contributed by atoms with Crippen LogP contribution in [-0.2, 0) is 16.1 Å². The molecule has 0 fully saturated rings. The number of hydrogen-bond acceptors (Lipinski definition) is 4. The SMILES string of the molecule is COc1ccc(CNC(=O)CN(C(C)=O)c2c(C)cc(C)cc2C)cc1OC. The van der Waals surface area contributed by atoms with Gasteiger partial charge in [-0.15, -0.1) is 0 Å². The Balaban J connectivity index is 2.11. The molecular weight excluding hydrogens is 356 g/mol. The molecule has 0 aliphatic heterocycles. The van der Waals surface area contributed by atoms with Gasteiger partial charge in [0.05, 0.1) is 19.9 Å². The van der Waals surface area contributed by atoms with Gasteiger partial charge in [0.25, 0.3) is 0 Å². The highest BCUT2D eigenvalue weighted by Crippen LogP contribution is 2.28. The summed E-state index contributed by atoms with van der Waals surface area (Å²) in [5.74, 6) is 0.830. The smallest absolute Gasteiger partial charge is 0.240 e. The molecule has 0 saturated heterocycles. The maximum absolute atomic E-state index is 12.5. The number of carbonyl (C=O) groups is 2. The summed E-state index contributed by atoms with van der Waals surface area (Å²) in [5.41, 5.74) is 4.74. The van der Waals surface area contributed by atoms with E-state index in [0.717, 1.165) is 27.9 Å². The van der Waals surface area contributed by atoms with Gasteiger partial charge in [-0.1, -0.05) is 23.8 Å². The van der Waals surface area contributed by atoms with Crippen LogP contribution in [0.2, 0.25) is 0 Å². The van der Waals surface area contributed by atoms with E-state index in [1.165, 1.54) is 11.8 Å². The van der Waals surface area contributed by atoms with Crippen LogP contribution < -0.4 is 19.7 Å². The molecular formula is C22H28N2O4. The van der Waals surface area contributed by atoms with Gasteiger partial charge in [0.2, 0.25) is 11.8 Å². The zero-order valence-electron chi connectivity index (χ0n) is 17.4. The van der Waals surface area contributed by atoms with E-state index in [4.69, 9.17) is 9.47 Å². The summed E-state index contributed by atoms with van der Waals surface area (Å²) >= 11 is 0. The first-order chi connectivity index (χ1) is 13.3. The lowest BCUT2D eigenvalue weighted by Crippen LogP contribution is -2.40. The monoisotopic (exact) mass is 384 g/mol. The summed E-state index contributed by atoms with van der Waals surface area (Å²) in [6.45, 7) is 7.68. The maximum Gasteiger partial charge on any atom is 0.240 e. The predicted octanol–water partition coefficient (Wildman–Crippen LogP) is 3.30. The minimum Gasteiger partial charge on any atom is -0.493 e. The number of rotatable bonds is 7. The highest BCUT2D eigenvalue weighted by Gasteiger charge is 2.19. The Bertz CT molecular complexity index is 854. The lowest BCUT2D eigenvalue weighted by atomic mass is 10.0. The molecule has 2 amide bonds. The molecule has 28 heavy (non-hydrogen) atoms. The molecule has 1 N–H and O–H groups in total. The van der Waals surface area contributed by atoms with E-state index in [1.54, 1.807) is 20.3 Å². The second-order valence-corrected chi connectivity index (χ2v) is 6.82. The second kappa shape index (κ2) is 9.26. The number of benzene rings is 2. The minimum atomic E-state index is -0.232. The van der Waals surface area contributed by atoms with Crippen LogP contribution >= 0.6 is 0 Å². The summed E-state index contributed by atoms with van der Waals surface area (Å²) in [7, 11) is 3.14. The molecule has 0 unspecified atom stereocenters. The van der Waals surface area contributed by atoms with E-state index < -0.39 is 0 Å². The Morgan fingerprint density at radius 3 is 2.11 bits per heavy atom. The van der Waals surface area contributed by atoms with Crippen molar-refractivity contribution in [3.8, 4) is 11.5 Å². The molecule has 0 bridgehead atoms. The summed E-state index contributed by atoms with van der Waals surface area (Å²) in [4.78, 5) is 26.2. The van der Waals surface area contributed by atoms with Crippen LogP contribution in [0.1, 0.15) is 29.2 Å². The highest BCUT2D eigenvalue weighted by atomic mass is 16.5. The topological polar surface area (TPSA) is 67.9 Å². The van der Waals surface area contributed by atoms with E-state index >= 15 is 0 Å². The van der Waals surface area contributed by atoms with Crippen LogP contribution in [0.3, 0.4) is 0 Å². The molecule has 0 aromatic heterocycles. The highest BCUT2D eigenvalue weighted by molar-refractivity contribution is 5.98. The van der Waals surface area contributed by atoms with Gasteiger partial charge in [0.1, 0.15) is 6.54 Å². The van der Waals surface area contributed by atoms with Crippen molar-refractivity contribution in [3.05, 3.63) is 52.6 Å². The van der Waals surface area contributed by atoms with Crippen molar-refractivity contribution < 1.29 is 19.1 Å². The molecule has 0 atom stereocenters. The molecule has 0 aliphatic carbocycles. The van der Waals surface area contributed by atoms with Gasteiger partial charge in [-0.05, 0) is 49.6 Å². The van der Waals surface area contributed by atoms with Gasteiger partial charge in [0.15, 0.2) is 11.5 Å². The van der Waals surface area contributed by atoms with E-state index in [0.29, 0.717) is 18.0 Å². The van der Waals surface area contributed by atoms with Crippen molar-refractivity contribution in [3.63, 3.8) is 0 Å². The number of ether oxygens (including phenoxy) is 2. The van der Waals surface area contributed by atoms with Crippen LogP contribution in [0.5, 0.6) is 11.5 Å². The number of aryl methyl sites for hydroxylation is 3. The van der Waals surface area contributed by atoms with Gasteiger partial charge in [-0.25, -0.2) is 0 Å². The van der Waals surface area contributed by atoms with E-state index in [9.17, 15) is 9.59 Å². The van der Waals surface area contributed by atoms with Crippen molar-refractivity contribution in [2.45, 2.75) is 34.2 Å². The third-order valence-electron chi connectivity index (χ3n) is 4.52. The molecule has 2 rings (SSSR count). The summed E-state index contributed by atoms with van der Waals surface area (Å²) in [6.07, 6.45) is 0. The van der Waals surface area contributed by atoms with Crippen LogP contribution in [0.25, 0.3) is 0 Å². The molecule has 0 aliphatic rings. The fourth-order valence-electron chi connectivity index (χ4n) is 3.34. The number of nitrogens with one attached hydrogen (secondary N) is 1. The lowest BCUT2D eigenvalue weighted by Gasteiger charge is -2.25. The van der Waals surface area contributed by atoms with Crippen LogP contribution in [0.4, 0.5) is 5.69 Å². The van der Waals surface area contributed by atoms with Crippen LogP contribution in [-0.4, -0.2) is 32.6 Å². The molecule has 150 valence electrons. The number of amides is 2. The average molecular weight is 384 g/mol. The minimum absolute atomic E-state index is 0.0344. The summed E-state index contributed by atoms with van der Waals surface area (Å²) in [6, 6.07) is 9.50. The zero-order valence-corrected chi connectivity index (χ0v) is 17.4. The Kier molecular flexibility index (Phi) is 7.04. The maximum atomic E-state index is 12.5. The molecule has 6 heteroatoms. The number of nitrogens with zero attached hydrogens (tertiary/aromatic N) is 1.